The molecule has 0 spiro atoms. The number of anilines is 2. The Morgan fingerprint density at radius 1 is 1.50 bits per heavy atom. The van der Waals surface area contributed by atoms with Gasteiger partial charge in [0.25, 0.3) is 5.91 Å². The van der Waals surface area contributed by atoms with Gasteiger partial charge in [0, 0.05) is 18.0 Å². The van der Waals surface area contributed by atoms with E-state index in [2.05, 4.69) is 16.3 Å². The van der Waals surface area contributed by atoms with E-state index in [0.29, 0.717) is 16.3 Å². The minimum Gasteiger partial charge on any atom is -0.492 e. The van der Waals surface area contributed by atoms with Crippen molar-refractivity contribution in [3.8, 4) is 5.75 Å². The van der Waals surface area contributed by atoms with Gasteiger partial charge in [-0.05, 0) is 23.4 Å². The van der Waals surface area contributed by atoms with Crippen molar-refractivity contribution >= 4 is 39.3 Å². The molecule has 4 N–H and O–H groups in total. The molecule has 0 unspecified atom stereocenters. The maximum Gasteiger partial charge on any atom is 0.261 e. The Morgan fingerprint density at radius 3 is 3.00 bits per heavy atom. The van der Waals surface area contributed by atoms with E-state index in [-0.39, 0.29) is 0 Å². The molecule has 106 valence electrons. The number of thiophene rings is 2. The molecule has 2 aromatic rings. The number of fused-ring (bicyclic) bond motifs is 1. The lowest BCUT2D eigenvalue weighted by Crippen LogP contribution is -2.28. The number of amides is 1. The predicted octanol–water partition coefficient (Wildman–Crippen LogP) is 2.06. The number of rotatable bonds is 3. The largest absolute Gasteiger partial charge is 0.492 e. The minimum atomic E-state index is -0.509. The topological polar surface area (TPSA) is 81.6 Å². The molecule has 3 rings (SSSR count). The standard InChI is InChI=1S/C13H15N3O2S2/c1-18-10-9(14)11(12(15)17)20-13(10)16-4-2-8-7(6-16)3-5-19-8/h3,5H,2,4,6,14H2,1H3,(H2,15,17). The summed E-state index contributed by atoms with van der Waals surface area (Å²) in [4.78, 5) is 15.4. The number of nitrogen functional groups attached to an aromatic ring is 1. The molecule has 0 fully saturated rings. The molecular weight excluding hydrogens is 294 g/mol. The van der Waals surface area contributed by atoms with Crippen LogP contribution in [0.25, 0.3) is 0 Å². The molecule has 5 nitrogen and oxygen atoms in total. The number of nitrogens with zero attached hydrogens (tertiary/aromatic N) is 1. The van der Waals surface area contributed by atoms with Gasteiger partial charge in [0.1, 0.15) is 15.6 Å². The lowest BCUT2D eigenvalue weighted by molar-refractivity contribution is 0.100. The van der Waals surface area contributed by atoms with Crippen molar-refractivity contribution in [3.05, 3.63) is 26.8 Å². The number of ether oxygens (including phenoxy) is 1. The third-order valence-corrected chi connectivity index (χ3v) is 5.69. The average molecular weight is 309 g/mol. The zero-order chi connectivity index (χ0) is 14.3. The van der Waals surface area contributed by atoms with Crippen molar-refractivity contribution in [1.82, 2.24) is 0 Å². The van der Waals surface area contributed by atoms with Gasteiger partial charge in [0.2, 0.25) is 0 Å². The highest BCUT2D eigenvalue weighted by Gasteiger charge is 2.26. The number of carbonyl (C=O) groups excluding carboxylic acids is 1. The SMILES string of the molecule is COc1c(N2CCc3sccc3C2)sc(C(N)=O)c1N. The summed E-state index contributed by atoms with van der Waals surface area (Å²) in [5, 5.41) is 3.00. The fourth-order valence-electron chi connectivity index (χ4n) is 2.43. The molecule has 0 saturated carbocycles. The van der Waals surface area contributed by atoms with Crippen LogP contribution in [0.2, 0.25) is 0 Å². The van der Waals surface area contributed by atoms with Crippen molar-refractivity contribution in [3.63, 3.8) is 0 Å². The van der Waals surface area contributed by atoms with E-state index < -0.39 is 5.91 Å². The van der Waals surface area contributed by atoms with E-state index in [1.54, 1.807) is 18.4 Å². The van der Waals surface area contributed by atoms with Crippen LogP contribution in [0.5, 0.6) is 5.75 Å². The van der Waals surface area contributed by atoms with Gasteiger partial charge in [-0.15, -0.1) is 22.7 Å². The van der Waals surface area contributed by atoms with Gasteiger partial charge < -0.3 is 21.1 Å². The molecule has 1 aliphatic rings. The smallest absolute Gasteiger partial charge is 0.261 e. The van der Waals surface area contributed by atoms with Gasteiger partial charge in [0.05, 0.1) is 7.11 Å². The van der Waals surface area contributed by atoms with Crippen LogP contribution in [0.3, 0.4) is 0 Å². The van der Waals surface area contributed by atoms with Crippen molar-refractivity contribution in [2.45, 2.75) is 13.0 Å². The molecule has 1 aliphatic heterocycles. The second-order valence-corrected chi connectivity index (χ2v) is 6.59. The highest BCUT2D eigenvalue weighted by atomic mass is 32.1. The quantitative estimate of drug-likeness (QED) is 0.909. The second-order valence-electron chi connectivity index (χ2n) is 4.59. The first kappa shape index (κ1) is 13.3. The van der Waals surface area contributed by atoms with E-state index in [1.807, 2.05) is 0 Å². The van der Waals surface area contributed by atoms with Crippen molar-refractivity contribution in [2.75, 3.05) is 24.3 Å². The first-order valence-corrected chi connectivity index (χ1v) is 7.87. The Bertz CT molecular complexity index is 663. The number of primary amides is 1. The Balaban J connectivity index is 1.99. The van der Waals surface area contributed by atoms with Crippen LogP contribution in [0.15, 0.2) is 11.4 Å². The Hall–Kier alpha value is -1.73. The number of hydrogen-bond donors (Lipinski definition) is 2. The molecule has 0 bridgehead atoms. The molecule has 20 heavy (non-hydrogen) atoms. The number of hydrogen-bond acceptors (Lipinski definition) is 6. The molecule has 0 saturated heterocycles. The van der Waals surface area contributed by atoms with Gasteiger partial charge in [-0.25, -0.2) is 0 Å². The summed E-state index contributed by atoms with van der Waals surface area (Å²) in [6, 6.07) is 2.14. The first-order valence-electron chi connectivity index (χ1n) is 6.18. The van der Waals surface area contributed by atoms with Gasteiger partial charge in [-0.2, -0.15) is 0 Å². The van der Waals surface area contributed by atoms with Crippen molar-refractivity contribution < 1.29 is 9.53 Å². The van der Waals surface area contributed by atoms with Crippen LogP contribution in [0.1, 0.15) is 20.1 Å². The minimum absolute atomic E-state index is 0.344. The third kappa shape index (κ3) is 2.03. The Labute approximate surface area is 124 Å². The fourth-order valence-corrected chi connectivity index (χ4v) is 4.38. The molecule has 7 heteroatoms. The number of methoxy groups -OCH3 is 1. The van der Waals surface area contributed by atoms with Crippen LogP contribution < -0.4 is 21.1 Å². The highest BCUT2D eigenvalue weighted by molar-refractivity contribution is 7.19. The van der Waals surface area contributed by atoms with Crippen LogP contribution >= 0.6 is 22.7 Å². The summed E-state index contributed by atoms with van der Waals surface area (Å²) in [6.07, 6.45) is 1.000. The zero-order valence-corrected chi connectivity index (χ0v) is 12.6. The van der Waals surface area contributed by atoms with E-state index in [4.69, 9.17) is 16.2 Å². The van der Waals surface area contributed by atoms with Crippen LogP contribution in [0.4, 0.5) is 10.7 Å². The van der Waals surface area contributed by atoms with E-state index in [0.717, 1.165) is 24.5 Å². The second kappa shape index (κ2) is 4.99. The molecule has 1 amide bonds. The maximum atomic E-state index is 11.4. The van der Waals surface area contributed by atoms with Gasteiger partial charge >= 0.3 is 0 Å². The number of nitrogens with two attached hydrogens (primary N) is 2. The zero-order valence-electron chi connectivity index (χ0n) is 11.0. The van der Waals surface area contributed by atoms with E-state index in [9.17, 15) is 4.79 Å². The summed E-state index contributed by atoms with van der Waals surface area (Å²) in [5.41, 5.74) is 13.0. The van der Waals surface area contributed by atoms with Gasteiger partial charge in [-0.3, -0.25) is 4.79 Å². The van der Waals surface area contributed by atoms with E-state index >= 15 is 0 Å². The van der Waals surface area contributed by atoms with Crippen LogP contribution in [0, 0.1) is 0 Å². The lowest BCUT2D eigenvalue weighted by atomic mass is 10.1. The fraction of sp³-hybridized carbons (Fsp3) is 0.308. The van der Waals surface area contributed by atoms with Crippen molar-refractivity contribution in [1.29, 1.82) is 0 Å². The summed E-state index contributed by atoms with van der Waals surface area (Å²) in [5.74, 6) is 0.0489. The monoisotopic (exact) mass is 309 g/mol. The third-order valence-electron chi connectivity index (χ3n) is 3.41. The summed E-state index contributed by atoms with van der Waals surface area (Å²) < 4.78 is 5.37. The summed E-state index contributed by atoms with van der Waals surface area (Å²) >= 11 is 3.10. The molecule has 0 radical (unpaired) electrons. The summed E-state index contributed by atoms with van der Waals surface area (Å²) in [7, 11) is 1.56. The van der Waals surface area contributed by atoms with E-state index in [1.165, 1.54) is 21.8 Å². The maximum absolute atomic E-state index is 11.4. The predicted molar refractivity (Wildman–Crippen MR) is 82.9 cm³/mol. The van der Waals surface area contributed by atoms with Gasteiger partial charge in [-0.1, -0.05) is 0 Å². The van der Waals surface area contributed by atoms with Crippen molar-refractivity contribution in [2.24, 2.45) is 5.73 Å². The number of carbonyl (C=O) groups is 1. The molecule has 0 aliphatic carbocycles. The first-order chi connectivity index (χ1) is 9.61. The van der Waals surface area contributed by atoms with Crippen LogP contribution in [-0.4, -0.2) is 19.6 Å². The Morgan fingerprint density at radius 2 is 2.30 bits per heavy atom. The van der Waals surface area contributed by atoms with Gasteiger partial charge in [0.15, 0.2) is 5.75 Å². The van der Waals surface area contributed by atoms with Crippen LogP contribution in [-0.2, 0) is 13.0 Å². The molecule has 0 aromatic carbocycles. The average Bonchev–Trinajstić information content (AvgIpc) is 3.01. The molecule has 2 aromatic heterocycles. The molecule has 3 heterocycles. The Kier molecular flexibility index (Phi) is 3.31. The lowest BCUT2D eigenvalue weighted by Gasteiger charge is -2.28. The summed E-state index contributed by atoms with van der Waals surface area (Å²) in [6.45, 7) is 1.70. The molecule has 0 atom stereocenters. The normalized spacial score (nSPS) is 14.2. The molecular formula is C13H15N3O2S2. The highest BCUT2D eigenvalue weighted by Crippen LogP contribution is 2.46.